The molecular formula is C25H21IN2O6S. The molecule has 35 heavy (non-hydrogen) atoms. The van der Waals surface area contributed by atoms with Crippen molar-refractivity contribution in [1.29, 1.82) is 5.26 Å². The van der Waals surface area contributed by atoms with Gasteiger partial charge in [-0.2, -0.15) is 13.7 Å². The Hall–Kier alpha value is -3.56. The molecule has 3 aromatic rings. The Morgan fingerprint density at radius 3 is 2.31 bits per heavy atom. The first kappa shape index (κ1) is 26.1. The van der Waals surface area contributed by atoms with Crippen LogP contribution in [0.1, 0.15) is 11.1 Å². The molecule has 0 bridgehead atoms. The lowest BCUT2D eigenvalue weighted by Crippen LogP contribution is -2.14. The summed E-state index contributed by atoms with van der Waals surface area (Å²) >= 11 is 1.91. The maximum Gasteiger partial charge on any atom is 0.339 e. The zero-order valence-corrected chi connectivity index (χ0v) is 22.0. The summed E-state index contributed by atoms with van der Waals surface area (Å²) in [5, 5.41) is 12.2. The first-order chi connectivity index (χ1) is 16.7. The first-order valence-corrected chi connectivity index (χ1v) is 12.6. The zero-order valence-electron chi connectivity index (χ0n) is 19.0. The van der Waals surface area contributed by atoms with Gasteiger partial charge < -0.3 is 19.0 Å². The molecule has 0 aromatic heterocycles. The standard InChI is InChI=1S/C25H21IN2O6S/c1-16-8-10-19(11-9-16)35(30,31)34-24-20(26)13-17(14-23(24)33-3)12-18(15-27)25(29)28-21-6-4-5-7-22(21)32-2/h4-14H,1-3H3,(H,28,29)/b18-12+. The molecule has 0 saturated heterocycles. The summed E-state index contributed by atoms with van der Waals surface area (Å²) in [5.41, 5.74) is 1.60. The Morgan fingerprint density at radius 2 is 1.69 bits per heavy atom. The van der Waals surface area contributed by atoms with E-state index in [-0.39, 0.29) is 22.0 Å². The third-order valence-corrected chi connectivity index (χ3v) is 6.82. The van der Waals surface area contributed by atoms with Gasteiger partial charge in [-0.15, -0.1) is 0 Å². The third kappa shape index (κ3) is 6.32. The van der Waals surface area contributed by atoms with E-state index in [4.69, 9.17) is 13.7 Å². The van der Waals surface area contributed by atoms with Crippen LogP contribution in [0.4, 0.5) is 5.69 Å². The quantitative estimate of drug-likeness (QED) is 0.168. The number of rotatable bonds is 8. The topological polar surface area (TPSA) is 115 Å². The van der Waals surface area contributed by atoms with Crippen LogP contribution in [0.15, 0.2) is 71.1 Å². The van der Waals surface area contributed by atoms with Gasteiger partial charge in [0.1, 0.15) is 22.3 Å². The number of methoxy groups -OCH3 is 2. The number of carbonyl (C=O) groups excluding carboxylic acids is 1. The highest BCUT2D eigenvalue weighted by atomic mass is 127. The van der Waals surface area contributed by atoms with Crippen molar-refractivity contribution in [2.24, 2.45) is 0 Å². The fourth-order valence-corrected chi connectivity index (χ4v) is 4.86. The maximum absolute atomic E-state index is 12.8. The highest BCUT2D eigenvalue weighted by molar-refractivity contribution is 14.1. The number of para-hydroxylation sites is 2. The number of carbonyl (C=O) groups is 1. The van der Waals surface area contributed by atoms with Crippen molar-refractivity contribution in [1.82, 2.24) is 0 Å². The van der Waals surface area contributed by atoms with Crippen LogP contribution in [0.3, 0.4) is 0 Å². The second-order valence-corrected chi connectivity index (χ2v) is 9.92. The van der Waals surface area contributed by atoms with E-state index >= 15 is 0 Å². The Labute approximate surface area is 217 Å². The fraction of sp³-hybridized carbons (Fsp3) is 0.120. The predicted octanol–water partition coefficient (Wildman–Crippen LogP) is 4.93. The Kier molecular flexibility index (Phi) is 8.37. The molecule has 8 nitrogen and oxygen atoms in total. The van der Waals surface area contributed by atoms with Gasteiger partial charge in [0.15, 0.2) is 11.5 Å². The molecule has 0 spiro atoms. The van der Waals surface area contributed by atoms with Gasteiger partial charge in [-0.1, -0.05) is 29.8 Å². The van der Waals surface area contributed by atoms with Crippen LogP contribution >= 0.6 is 22.6 Å². The number of halogens is 1. The van der Waals surface area contributed by atoms with E-state index in [0.717, 1.165) is 5.56 Å². The van der Waals surface area contributed by atoms with E-state index in [1.165, 1.54) is 38.5 Å². The normalized spacial score (nSPS) is 11.3. The molecule has 10 heteroatoms. The lowest BCUT2D eigenvalue weighted by Gasteiger charge is -2.14. The summed E-state index contributed by atoms with van der Waals surface area (Å²) in [4.78, 5) is 12.7. The largest absolute Gasteiger partial charge is 0.495 e. The van der Waals surface area contributed by atoms with Crippen molar-refractivity contribution in [3.63, 3.8) is 0 Å². The molecule has 3 aromatic carbocycles. The molecule has 1 N–H and O–H groups in total. The number of hydrogen-bond donors (Lipinski definition) is 1. The Balaban J connectivity index is 1.92. The lowest BCUT2D eigenvalue weighted by atomic mass is 10.1. The van der Waals surface area contributed by atoms with Crippen molar-refractivity contribution < 1.29 is 26.9 Å². The van der Waals surface area contributed by atoms with Gasteiger partial charge in [0.05, 0.1) is 23.5 Å². The van der Waals surface area contributed by atoms with Gasteiger partial charge in [-0.3, -0.25) is 4.79 Å². The second-order valence-electron chi connectivity index (χ2n) is 7.21. The molecule has 0 aliphatic heterocycles. The van der Waals surface area contributed by atoms with Crippen LogP contribution in [-0.2, 0) is 14.9 Å². The van der Waals surface area contributed by atoms with Gasteiger partial charge >= 0.3 is 10.1 Å². The fourth-order valence-electron chi connectivity index (χ4n) is 3.02. The summed E-state index contributed by atoms with van der Waals surface area (Å²) in [5.74, 6) is -0.0528. The summed E-state index contributed by atoms with van der Waals surface area (Å²) in [7, 11) is -1.27. The van der Waals surface area contributed by atoms with E-state index in [2.05, 4.69) is 5.32 Å². The average molecular weight is 604 g/mol. The van der Waals surface area contributed by atoms with Crippen molar-refractivity contribution in [2.75, 3.05) is 19.5 Å². The average Bonchev–Trinajstić information content (AvgIpc) is 2.84. The van der Waals surface area contributed by atoms with Crippen molar-refractivity contribution in [2.45, 2.75) is 11.8 Å². The number of benzene rings is 3. The van der Waals surface area contributed by atoms with Crippen LogP contribution in [0, 0.1) is 21.8 Å². The third-order valence-electron chi connectivity index (χ3n) is 4.79. The summed E-state index contributed by atoms with van der Waals surface area (Å²) in [6.07, 6.45) is 1.37. The zero-order chi connectivity index (χ0) is 25.6. The van der Waals surface area contributed by atoms with Gasteiger partial charge in [-0.25, -0.2) is 0 Å². The first-order valence-electron chi connectivity index (χ1n) is 10.1. The highest BCUT2D eigenvalue weighted by Crippen LogP contribution is 2.36. The molecule has 0 saturated carbocycles. The molecule has 0 fully saturated rings. The molecule has 0 aliphatic rings. The molecule has 0 radical (unpaired) electrons. The Bertz CT molecular complexity index is 1430. The monoisotopic (exact) mass is 604 g/mol. The van der Waals surface area contributed by atoms with Crippen molar-refractivity contribution in [3.05, 3.63) is 80.9 Å². The molecular weight excluding hydrogens is 583 g/mol. The van der Waals surface area contributed by atoms with E-state index in [0.29, 0.717) is 20.6 Å². The molecule has 0 unspecified atom stereocenters. The van der Waals surface area contributed by atoms with Gasteiger partial charge in [0.2, 0.25) is 0 Å². The number of hydrogen-bond acceptors (Lipinski definition) is 7. The number of aryl methyl sites for hydroxylation is 1. The molecule has 0 atom stereocenters. The highest BCUT2D eigenvalue weighted by Gasteiger charge is 2.22. The van der Waals surface area contributed by atoms with E-state index < -0.39 is 16.0 Å². The van der Waals surface area contributed by atoms with Crippen molar-refractivity contribution >= 4 is 50.4 Å². The minimum Gasteiger partial charge on any atom is -0.495 e. The van der Waals surface area contributed by atoms with Crippen LogP contribution in [0.2, 0.25) is 0 Å². The van der Waals surface area contributed by atoms with E-state index in [1.54, 1.807) is 42.5 Å². The summed E-state index contributed by atoms with van der Waals surface area (Å²) < 4.78 is 41.9. The predicted molar refractivity (Wildman–Crippen MR) is 140 cm³/mol. The number of amides is 1. The van der Waals surface area contributed by atoms with Crippen LogP contribution in [-0.4, -0.2) is 28.5 Å². The van der Waals surface area contributed by atoms with Crippen molar-refractivity contribution in [3.8, 4) is 23.3 Å². The van der Waals surface area contributed by atoms with Crippen LogP contribution in [0.25, 0.3) is 6.08 Å². The Morgan fingerprint density at radius 1 is 1.03 bits per heavy atom. The number of ether oxygens (including phenoxy) is 2. The minimum absolute atomic E-state index is 0.00260. The van der Waals surface area contributed by atoms with Gasteiger partial charge in [-0.05, 0) is 77.6 Å². The second kappa shape index (κ2) is 11.2. The van der Waals surface area contributed by atoms with Gasteiger partial charge in [0, 0.05) is 0 Å². The van der Waals surface area contributed by atoms with Gasteiger partial charge in [0.25, 0.3) is 5.91 Å². The van der Waals surface area contributed by atoms with E-state index in [1.807, 2.05) is 35.6 Å². The van der Waals surface area contributed by atoms with Crippen LogP contribution < -0.4 is 19.0 Å². The summed E-state index contributed by atoms with van der Waals surface area (Å²) in [6.45, 7) is 1.85. The lowest BCUT2D eigenvalue weighted by molar-refractivity contribution is -0.112. The number of nitrogens with one attached hydrogen (secondary N) is 1. The number of nitriles is 1. The molecule has 0 aliphatic carbocycles. The van der Waals surface area contributed by atoms with Crippen LogP contribution in [0.5, 0.6) is 17.2 Å². The molecule has 180 valence electrons. The smallest absolute Gasteiger partial charge is 0.339 e. The SMILES string of the molecule is COc1ccccc1NC(=O)/C(C#N)=C/c1cc(I)c(OS(=O)(=O)c2ccc(C)cc2)c(OC)c1. The van der Waals surface area contributed by atoms with E-state index in [9.17, 15) is 18.5 Å². The maximum atomic E-state index is 12.8. The number of nitrogens with zero attached hydrogens (tertiary/aromatic N) is 1. The number of anilines is 1. The molecule has 0 heterocycles. The molecule has 3 rings (SSSR count). The minimum atomic E-state index is -4.11. The summed E-state index contributed by atoms with van der Waals surface area (Å²) in [6, 6.07) is 18.0. The molecule has 1 amide bonds.